The van der Waals surface area contributed by atoms with E-state index in [0.29, 0.717) is 23.0 Å². The fraction of sp³-hybridized carbons (Fsp3) is 0.393. The lowest BCUT2D eigenvalue weighted by Crippen LogP contribution is -2.42. The van der Waals surface area contributed by atoms with Crippen LogP contribution in [-0.2, 0) is 11.3 Å². The predicted molar refractivity (Wildman–Crippen MR) is 144 cm³/mol. The summed E-state index contributed by atoms with van der Waals surface area (Å²) in [6.07, 6.45) is 7.50. The van der Waals surface area contributed by atoms with Gasteiger partial charge in [-0.1, -0.05) is 56.6 Å². The van der Waals surface area contributed by atoms with Crippen LogP contribution >= 0.6 is 11.6 Å². The van der Waals surface area contributed by atoms with Crippen molar-refractivity contribution in [2.24, 2.45) is 27.2 Å². The first kappa shape index (κ1) is 27.3. The second kappa shape index (κ2) is 12.1. The lowest BCUT2D eigenvalue weighted by Gasteiger charge is -2.41. The largest absolute Gasteiger partial charge is 0.366 e. The molecule has 0 aliphatic heterocycles. The molecule has 0 aromatic heterocycles. The highest BCUT2D eigenvalue weighted by Gasteiger charge is 2.33. The lowest BCUT2D eigenvalue weighted by atomic mass is 9.71. The highest BCUT2D eigenvalue weighted by Crippen LogP contribution is 2.39. The van der Waals surface area contributed by atoms with Gasteiger partial charge in [-0.3, -0.25) is 9.59 Å². The van der Waals surface area contributed by atoms with Crippen molar-refractivity contribution in [3.05, 3.63) is 76.3 Å². The van der Waals surface area contributed by atoms with E-state index in [1.54, 1.807) is 30.4 Å². The quantitative estimate of drug-likeness (QED) is 0.202. The van der Waals surface area contributed by atoms with E-state index >= 15 is 0 Å². The average molecular weight is 508 g/mol. The molecule has 190 valence electrons. The van der Waals surface area contributed by atoms with E-state index in [1.165, 1.54) is 0 Å². The molecule has 1 aliphatic rings. The van der Waals surface area contributed by atoms with Gasteiger partial charge in [0.15, 0.2) is 0 Å². The molecule has 36 heavy (non-hydrogen) atoms. The van der Waals surface area contributed by atoms with Crippen molar-refractivity contribution in [3.8, 4) is 0 Å². The van der Waals surface area contributed by atoms with Crippen LogP contribution in [0.25, 0.3) is 6.08 Å². The third kappa shape index (κ3) is 7.59. The maximum absolute atomic E-state index is 13.4. The van der Waals surface area contributed by atoms with Crippen molar-refractivity contribution in [1.82, 2.24) is 4.90 Å². The maximum Gasteiger partial charge on any atom is 0.280 e. The fourth-order valence-electron chi connectivity index (χ4n) is 4.66. The molecule has 2 aromatic rings. The average Bonchev–Trinajstić information content (AvgIpc) is 2.85. The molecule has 3 N–H and O–H groups in total. The number of carbonyl (C=O) groups is 2. The van der Waals surface area contributed by atoms with Crippen molar-refractivity contribution in [2.75, 3.05) is 0 Å². The van der Waals surface area contributed by atoms with E-state index in [0.717, 1.165) is 36.8 Å². The van der Waals surface area contributed by atoms with Gasteiger partial charge in [0.1, 0.15) is 0 Å². The molecule has 0 radical (unpaired) electrons. The number of rotatable bonds is 6. The zero-order valence-electron chi connectivity index (χ0n) is 21.1. The first-order valence-electron chi connectivity index (χ1n) is 12.2. The Morgan fingerprint density at radius 3 is 2.36 bits per heavy atom. The Balaban J connectivity index is 1.79. The molecule has 0 heterocycles. The van der Waals surface area contributed by atoms with Crippen LogP contribution in [0.3, 0.4) is 0 Å². The molecule has 8 heteroatoms. The van der Waals surface area contributed by atoms with Gasteiger partial charge in [-0.25, -0.2) is 5.53 Å². The normalized spacial score (nSPS) is 18.7. The molecule has 0 saturated heterocycles. The maximum atomic E-state index is 13.4. The summed E-state index contributed by atoms with van der Waals surface area (Å²) in [5, 5.41) is 3.57. The third-order valence-corrected chi connectivity index (χ3v) is 7.03. The van der Waals surface area contributed by atoms with Crippen LogP contribution in [0, 0.1) is 16.9 Å². The van der Waals surface area contributed by atoms with Gasteiger partial charge in [0, 0.05) is 29.2 Å². The molecule has 0 atom stereocenters. The summed E-state index contributed by atoms with van der Waals surface area (Å²) in [5.74, 6) is -0.364. The Hall–Kier alpha value is -3.32. The molecular weight excluding hydrogens is 474 g/mol. The van der Waals surface area contributed by atoms with Crippen LogP contribution in [0.5, 0.6) is 0 Å². The summed E-state index contributed by atoms with van der Waals surface area (Å²) in [6, 6.07) is 14.5. The summed E-state index contributed by atoms with van der Waals surface area (Å²) < 4.78 is 0. The molecule has 0 spiro atoms. The van der Waals surface area contributed by atoms with Crippen LogP contribution in [0.2, 0.25) is 5.02 Å². The second-order valence-electron chi connectivity index (χ2n) is 10.3. The van der Waals surface area contributed by atoms with E-state index in [-0.39, 0.29) is 17.4 Å². The molecule has 1 aliphatic carbocycles. The monoisotopic (exact) mass is 507 g/mol. The van der Waals surface area contributed by atoms with Gasteiger partial charge in [0.05, 0.1) is 0 Å². The minimum atomic E-state index is -0.562. The minimum Gasteiger partial charge on any atom is -0.366 e. The summed E-state index contributed by atoms with van der Waals surface area (Å²) in [5.41, 5.74) is 14.6. The summed E-state index contributed by atoms with van der Waals surface area (Å²) in [7, 11) is 0. The van der Waals surface area contributed by atoms with E-state index < -0.39 is 11.9 Å². The minimum absolute atomic E-state index is 0.0521. The van der Waals surface area contributed by atoms with Crippen LogP contribution in [0.1, 0.15) is 67.9 Å². The summed E-state index contributed by atoms with van der Waals surface area (Å²) in [4.78, 5) is 31.1. The van der Waals surface area contributed by atoms with Crippen molar-refractivity contribution in [1.29, 1.82) is 5.53 Å². The summed E-state index contributed by atoms with van der Waals surface area (Å²) in [6.45, 7) is 7.29. The summed E-state index contributed by atoms with van der Waals surface area (Å²) >= 11 is 6.09. The number of nitrogens with one attached hydrogen (secondary N) is 1. The van der Waals surface area contributed by atoms with Crippen molar-refractivity contribution < 1.29 is 9.59 Å². The highest BCUT2D eigenvalue weighted by molar-refractivity contribution is 6.30. The Labute approximate surface area is 217 Å². The molecule has 2 aromatic carbocycles. The van der Waals surface area contributed by atoms with Crippen LogP contribution in [0.15, 0.2) is 64.7 Å². The Bertz CT molecular complexity index is 1140. The highest BCUT2D eigenvalue weighted by atomic mass is 35.5. The van der Waals surface area contributed by atoms with Crippen LogP contribution in [-0.4, -0.2) is 28.7 Å². The first-order valence-corrected chi connectivity index (χ1v) is 12.5. The number of guanidine groups is 1. The number of carbonyl (C=O) groups excluding carboxylic acids is 2. The van der Waals surface area contributed by atoms with E-state index in [9.17, 15) is 9.59 Å². The number of hydrogen-bond acceptors (Lipinski definition) is 3. The number of nitrogens with two attached hydrogens (primary N) is 1. The molecule has 1 fully saturated rings. The van der Waals surface area contributed by atoms with E-state index in [2.05, 4.69) is 30.9 Å². The van der Waals surface area contributed by atoms with Crippen molar-refractivity contribution >= 4 is 35.5 Å². The number of amides is 2. The molecular formula is C28H34ClN5O2. The van der Waals surface area contributed by atoms with Gasteiger partial charge in [0.2, 0.25) is 11.9 Å². The smallest absolute Gasteiger partial charge is 0.280 e. The molecule has 0 bridgehead atoms. The molecule has 0 unspecified atom stereocenters. The predicted octanol–water partition coefficient (Wildman–Crippen LogP) is 6.47. The number of benzene rings is 2. The molecule has 2 amide bonds. The first-order chi connectivity index (χ1) is 17.1. The van der Waals surface area contributed by atoms with Gasteiger partial charge in [-0.15, -0.1) is 5.11 Å². The van der Waals surface area contributed by atoms with Gasteiger partial charge in [0.25, 0.3) is 5.91 Å². The van der Waals surface area contributed by atoms with E-state index in [4.69, 9.17) is 22.9 Å². The lowest BCUT2D eigenvalue weighted by molar-refractivity contribution is -0.130. The standard InChI is InChI=1S/C28H34ClN5O2/c1-28(2,3)22-12-14-24(15-13-22)34(25(35)16-9-19-5-4-6-23(29)17-19)18-20-7-10-21(11-8-20)26(36)32-27(30)33-31/h4-11,16-17,22,24,31H,12-15,18H2,1-3H3,(H2,30,32,36)/b16-9+,33-31?. The SMILES string of the molecule is CC(C)(C)C1CCC(N(Cc2ccc(C(=O)N=C(N)N=N)cc2)C(=O)/C=C/c2cccc(Cl)c2)CC1. The number of halogens is 1. The van der Waals surface area contributed by atoms with Gasteiger partial charge < -0.3 is 10.6 Å². The molecule has 3 rings (SSSR count). The number of aliphatic imine (C=N–C) groups is 1. The zero-order valence-corrected chi connectivity index (χ0v) is 21.8. The second-order valence-corrected chi connectivity index (χ2v) is 10.7. The van der Waals surface area contributed by atoms with Crippen molar-refractivity contribution in [3.63, 3.8) is 0 Å². The van der Waals surface area contributed by atoms with E-state index in [1.807, 2.05) is 35.2 Å². The fourth-order valence-corrected chi connectivity index (χ4v) is 4.86. The van der Waals surface area contributed by atoms with Crippen LogP contribution < -0.4 is 5.73 Å². The third-order valence-electron chi connectivity index (χ3n) is 6.80. The van der Waals surface area contributed by atoms with Gasteiger partial charge >= 0.3 is 0 Å². The van der Waals surface area contributed by atoms with Crippen molar-refractivity contribution in [2.45, 2.75) is 59.0 Å². The van der Waals surface area contributed by atoms with Crippen LogP contribution in [0.4, 0.5) is 0 Å². The Kier molecular flexibility index (Phi) is 9.15. The molecule has 1 saturated carbocycles. The Morgan fingerprint density at radius 2 is 1.78 bits per heavy atom. The topological polar surface area (TPSA) is 112 Å². The number of nitrogens with zero attached hydrogens (tertiary/aromatic N) is 3. The van der Waals surface area contributed by atoms with Gasteiger partial charge in [-0.2, -0.15) is 4.99 Å². The van der Waals surface area contributed by atoms with Gasteiger partial charge in [-0.05, 0) is 78.5 Å². The zero-order chi connectivity index (χ0) is 26.3. The molecule has 7 nitrogen and oxygen atoms in total. The Morgan fingerprint density at radius 1 is 1.11 bits per heavy atom. The number of hydrogen-bond donors (Lipinski definition) is 2.